The Morgan fingerprint density at radius 1 is 1.26 bits per heavy atom. The van der Waals surface area contributed by atoms with E-state index in [9.17, 15) is 0 Å². The van der Waals surface area contributed by atoms with Crippen molar-refractivity contribution in [1.29, 1.82) is 0 Å². The summed E-state index contributed by atoms with van der Waals surface area (Å²) < 4.78 is 2.05. The molecule has 0 aliphatic heterocycles. The van der Waals surface area contributed by atoms with E-state index in [1.54, 1.807) is 0 Å². The molecule has 108 valence electrons. The van der Waals surface area contributed by atoms with Gasteiger partial charge >= 0.3 is 0 Å². The van der Waals surface area contributed by atoms with Crippen LogP contribution in [0.3, 0.4) is 0 Å². The second kappa shape index (κ2) is 5.66. The van der Waals surface area contributed by atoms with Gasteiger partial charge in [-0.3, -0.25) is 4.68 Å². The number of nitrogens with zero attached hydrogens (tertiary/aromatic N) is 2. The normalized spacial score (nSPS) is 19.6. The molecule has 0 unspecified atom stereocenters. The highest BCUT2D eigenvalue weighted by Gasteiger charge is 2.26. The first-order valence-electron chi connectivity index (χ1n) is 7.64. The fourth-order valence-electron chi connectivity index (χ4n) is 2.91. The van der Waals surface area contributed by atoms with E-state index in [1.165, 1.54) is 37.7 Å². The van der Waals surface area contributed by atoms with Crippen LogP contribution >= 0.6 is 0 Å². The molecule has 1 aromatic rings. The molecule has 1 saturated carbocycles. The maximum absolute atomic E-state index is 4.45. The Labute approximate surface area is 117 Å². The van der Waals surface area contributed by atoms with Crippen LogP contribution in [-0.2, 0) is 12.1 Å². The van der Waals surface area contributed by atoms with E-state index in [2.05, 4.69) is 44.3 Å². The third kappa shape index (κ3) is 4.07. The molecule has 1 fully saturated rings. The van der Waals surface area contributed by atoms with Gasteiger partial charge in [-0.15, -0.1) is 0 Å². The molecule has 1 N–H and O–H groups in total. The van der Waals surface area contributed by atoms with Crippen LogP contribution in [-0.4, -0.2) is 16.3 Å². The average molecular weight is 263 g/mol. The monoisotopic (exact) mass is 263 g/mol. The molecule has 2 rings (SSSR count). The molecule has 0 spiro atoms. The van der Waals surface area contributed by atoms with Crippen molar-refractivity contribution >= 4 is 0 Å². The van der Waals surface area contributed by atoms with E-state index >= 15 is 0 Å². The molecular weight excluding hydrogens is 234 g/mol. The van der Waals surface area contributed by atoms with Gasteiger partial charge in [0.15, 0.2) is 0 Å². The zero-order valence-corrected chi connectivity index (χ0v) is 13.0. The second-order valence-electron chi connectivity index (χ2n) is 7.44. The summed E-state index contributed by atoms with van der Waals surface area (Å²) in [6.07, 6.45) is 11.1. The SMILES string of the molecule is CC1(CNCc2cnn(C(C)(C)C)c2)CCCCC1. The van der Waals surface area contributed by atoms with Crippen molar-refractivity contribution in [2.75, 3.05) is 6.54 Å². The molecular formula is C16H29N3. The molecule has 0 bridgehead atoms. The lowest BCUT2D eigenvalue weighted by atomic mass is 9.76. The van der Waals surface area contributed by atoms with Gasteiger partial charge in [-0.2, -0.15) is 5.10 Å². The minimum atomic E-state index is 0.0770. The molecule has 1 aliphatic rings. The van der Waals surface area contributed by atoms with E-state index < -0.39 is 0 Å². The molecule has 1 heterocycles. The number of aromatic nitrogens is 2. The fourth-order valence-corrected chi connectivity index (χ4v) is 2.91. The third-order valence-electron chi connectivity index (χ3n) is 4.26. The molecule has 0 saturated heterocycles. The van der Waals surface area contributed by atoms with Crippen LogP contribution in [0.4, 0.5) is 0 Å². The van der Waals surface area contributed by atoms with Gasteiger partial charge in [0.05, 0.1) is 11.7 Å². The summed E-state index contributed by atoms with van der Waals surface area (Å²) in [6.45, 7) is 11.0. The standard InChI is InChI=1S/C16H29N3/c1-15(2,3)19-12-14(11-18-19)10-17-13-16(4)8-6-5-7-9-16/h11-12,17H,5-10,13H2,1-4H3. The number of rotatable bonds is 4. The van der Waals surface area contributed by atoms with E-state index in [-0.39, 0.29) is 5.54 Å². The molecule has 3 heteroatoms. The Hall–Kier alpha value is -0.830. The largest absolute Gasteiger partial charge is 0.312 e. The first-order valence-corrected chi connectivity index (χ1v) is 7.64. The number of hydrogen-bond acceptors (Lipinski definition) is 2. The minimum absolute atomic E-state index is 0.0770. The summed E-state index contributed by atoms with van der Waals surface area (Å²) >= 11 is 0. The highest BCUT2D eigenvalue weighted by molar-refractivity contribution is 5.05. The van der Waals surface area contributed by atoms with Gasteiger partial charge in [0.25, 0.3) is 0 Å². The Morgan fingerprint density at radius 3 is 2.53 bits per heavy atom. The first-order chi connectivity index (χ1) is 8.89. The van der Waals surface area contributed by atoms with Crippen LogP contribution in [0.5, 0.6) is 0 Å². The molecule has 1 aliphatic carbocycles. The Kier molecular flexibility index (Phi) is 4.34. The molecule has 0 amide bonds. The van der Waals surface area contributed by atoms with Gasteiger partial charge in [-0.1, -0.05) is 26.2 Å². The van der Waals surface area contributed by atoms with Crippen LogP contribution < -0.4 is 5.32 Å². The van der Waals surface area contributed by atoms with E-state index in [0.717, 1.165) is 13.1 Å². The van der Waals surface area contributed by atoms with Crippen LogP contribution in [0.1, 0.15) is 65.4 Å². The van der Waals surface area contributed by atoms with E-state index in [0.29, 0.717) is 5.41 Å². The zero-order valence-electron chi connectivity index (χ0n) is 13.0. The molecule has 0 aromatic carbocycles. The quantitative estimate of drug-likeness (QED) is 0.897. The van der Waals surface area contributed by atoms with Gasteiger partial charge in [-0.05, 0) is 39.0 Å². The summed E-state index contributed by atoms with van der Waals surface area (Å²) in [7, 11) is 0. The maximum atomic E-state index is 4.45. The summed E-state index contributed by atoms with van der Waals surface area (Å²) in [4.78, 5) is 0. The lowest BCUT2D eigenvalue weighted by molar-refractivity contribution is 0.207. The lowest BCUT2D eigenvalue weighted by Crippen LogP contribution is -2.33. The van der Waals surface area contributed by atoms with Crippen LogP contribution in [0.25, 0.3) is 0 Å². The predicted octanol–water partition coefficient (Wildman–Crippen LogP) is 3.70. The molecule has 1 aromatic heterocycles. The van der Waals surface area contributed by atoms with Crippen LogP contribution in [0.15, 0.2) is 12.4 Å². The number of nitrogens with one attached hydrogen (secondary N) is 1. The first kappa shape index (κ1) is 14.6. The fraction of sp³-hybridized carbons (Fsp3) is 0.812. The van der Waals surface area contributed by atoms with Crippen molar-refractivity contribution < 1.29 is 0 Å². The Balaban J connectivity index is 1.81. The highest BCUT2D eigenvalue weighted by atomic mass is 15.3. The van der Waals surface area contributed by atoms with Crippen molar-refractivity contribution in [2.24, 2.45) is 5.41 Å². The molecule has 19 heavy (non-hydrogen) atoms. The summed E-state index contributed by atoms with van der Waals surface area (Å²) in [5.74, 6) is 0. The number of hydrogen-bond donors (Lipinski definition) is 1. The summed E-state index contributed by atoms with van der Waals surface area (Å²) in [5, 5.41) is 8.07. The topological polar surface area (TPSA) is 29.9 Å². The van der Waals surface area contributed by atoms with Gasteiger partial charge in [0.2, 0.25) is 0 Å². The highest BCUT2D eigenvalue weighted by Crippen LogP contribution is 2.34. The smallest absolute Gasteiger partial charge is 0.0543 e. The summed E-state index contributed by atoms with van der Waals surface area (Å²) in [6, 6.07) is 0. The van der Waals surface area contributed by atoms with Crippen molar-refractivity contribution in [1.82, 2.24) is 15.1 Å². The van der Waals surface area contributed by atoms with Gasteiger partial charge < -0.3 is 5.32 Å². The second-order valence-corrected chi connectivity index (χ2v) is 7.44. The minimum Gasteiger partial charge on any atom is -0.312 e. The van der Waals surface area contributed by atoms with Crippen molar-refractivity contribution in [3.8, 4) is 0 Å². The third-order valence-corrected chi connectivity index (χ3v) is 4.26. The molecule has 0 atom stereocenters. The van der Waals surface area contributed by atoms with Crippen LogP contribution in [0.2, 0.25) is 0 Å². The van der Waals surface area contributed by atoms with Crippen molar-refractivity contribution in [2.45, 2.75) is 71.9 Å². The van der Waals surface area contributed by atoms with E-state index in [4.69, 9.17) is 0 Å². The molecule has 3 nitrogen and oxygen atoms in total. The van der Waals surface area contributed by atoms with Crippen LogP contribution in [0, 0.1) is 5.41 Å². The predicted molar refractivity (Wildman–Crippen MR) is 80.1 cm³/mol. The van der Waals surface area contributed by atoms with Crippen molar-refractivity contribution in [3.05, 3.63) is 18.0 Å². The van der Waals surface area contributed by atoms with E-state index in [1.807, 2.05) is 10.9 Å². The zero-order chi connectivity index (χ0) is 13.9. The summed E-state index contributed by atoms with van der Waals surface area (Å²) in [5.41, 5.74) is 1.88. The Bertz CT molecular complexity index is 394. The maximum Gasteiger partial charge on any atom is 0.0543 e. The average Bonchev–Trinajstić information content (AvgIpc) is 2.78. The molecule has 0 radical (unpaired) electrons. The van der Waals surface area contributed by atoms with Gasteiger partial charge in [-0.25, -0.2) is 0 Å². The van der Waals surface area contributed by atoms with Crippen molar-refractivity contribution in [3.63, 3.8) is 0 Å². The van der Waals surface area contributed by atoms with Gasteiger partial charge in [0, 0.05) is 24.8 Å². The lowest BCUT2D eigenvalue weighted by Gasteiger charge is -2.33. The van der Waals surface area contributed by atoms with Gasteiger partial charge in [0.1, 0.15) is 0 Å². The Morgan fingerprint density at radius 2 is 1.95 bits per heavy atom.